The Hall–Kier alpha value is -3.06. The molecule has 0 saturated heterocycles. The quantitative estimate of drug-likeness (QED) is 0.717. The molecule has 7 heteroatoms. The van der Waals surface area contributed by atoms with Gasteiger partial charge < -0.3 is 20.1 Å². The molecule has 4 N–H and O–H groups in total. The van der Waals surface area contributed by atoms with E-state index in [-0.39, 0.29) is 6.10 Å². The van der Waals surface area contributed by atoms with E-state index in [9.17, 15) is 9.59 Å². The maximum Gasteiger partial charge on any atom is 0.319 e. The number of amides is 3. The Morgan fingerprint density at radius 1 is 1.15 bits per heavy atom. The summed E-state index contributed by atoms with van der Waals surface area (Å²) in [6.45, 7) is 0.910. The van der Waals surface area contributed by atoms with E-state index in [0.29, 0.717) is 24.7 Å². The maximum absolute atomic E-state index is 12.5. The Labute approximate surface area is 151 Å². The summed E-state index contributed by atoms with van der Waals surface area (Å²) in [4.78, 5) is 24.5. The Balaban J connectivity index is 1.74. The Kier molecular flexibility index (Phi) is 5.38. The van der Waals surface area contributed by atoms with Gasteiger partial charge in [0.05, 0.1) is 7.05 Å². The minimum Gasteiger partial charge on any atom is -0.486 e. The predicted octanol–water partition coefficient (Wildman–Crippen LogP) is 0.277. The lowest BCUT2D eigenvalue weighted by Gasteiger charge is -2.30. The summed E-state index contributed by atoms with van der Waals surface area (Å²) >= 11 is 0. The second kappa shape index (κ2) is 7.88. The smallest absolute Gasteiger partial charge is 0.319 e. The summed E-state index contributed by atoms with van der Waals surface area (Å²) < 4.78 is 11.7. The molecule has 136 valence electrons. The minimum atomic E-state index is -0.866. The number of imide groups is 1. The van der Waals surface area contributed by atoms with Crippen LogP contribution in [-0.4, -0.2) is 38.2 Å². The number of ether oxygens (including phenoxy) is 2. The number of nitrogens with one attached hydrogen (secondary N) is 2. The first kappa shape index (κ1) is 17.8. The Bertz CT molecular complexity index is 781. The molecule has 1 unspecified atom stereocenters. The number of likely N-dealkylation sites (N-methyl/N-ethyl adjacent to an activating group) is 1. The van der Waals surface area contributed by atoms with Crippen molar-refractivity contribution in [2.24, 2.45) is 5.73 Å². The summed E-state index contributed by atoms with van der Waals surface area (Å²) in [5.41, 5.74) is 5.91. The lowest BCUT2D eigenvalue weighted by Crippen LogP contribution is -3.12. The van der Waals surface area contributed by atoms with Gasteiger partial charge in [0.15, 0.2) is 23.6 Å². The van der Waals surface area contributed by atoms with Crippen LogP contribution in [0.15, 0.2) is 54.6 Å². The lowest BCUT2D eigenvalue weighted by atomic mass is 10.0. The van der Waals surface area contributed by atoms with Gasteiger partial charge in [-0.15, -0.1) is 0 Å². The van der Waals surface area contributed by atoms with Crippen molar-refractivity contribution in [3.05, 3.63) is 60.2 Å². The van der Waals surface area contributed by atoms with Crippen LogP contribution in [0, 0.1) is 0 Å². The Morgan fingerprint density at radius 2 is 1.81 bits per heavy atom. The fraction of sp³-hybridized carbons (Fsp3) is 0.263. The van der Waals surface area contributed by atoms with Crippen molar-refractivity contribution in [2.45, 2.75) is 12.1 Å². The monoisotopic (exact) mass is 356 g/mol. The second-order valence-electron chi connectivity index (χ2n) is 6.25. The van der Waals surface area contributed by atoms with Crippen LogP contribution in [-0.2, 0) is 4.79 Å². The van der Waals surface area contributed by atoms with Crippen molar-refractivity contribution in [1.29, 1.82) is 0 Å². The first-order chi connectivity index (χ1) is 12.5. The van der Waals surface area contributed by atoms with Crippen LogP contribution in [0.25, 0.3) is 0 Å². The van der Waals surface area contributed by atoms with Crippen LogP contribution in [0.4, 0.5) is 4.79 Å². The molecule has 7 nitrogen and oxygen atoms in total. The lowest BCUT2D eigenvalue weighted by molar-refractivity contribution is -0.905. The summed E-state index contributed by atoms with van der Waals surface area (Å²) in [5.74, 6) is 0.959. The number of benzene rings is 2. The zero-order valence-electron chi connectivity index (χ0n) is 14.5. The van der Waals surface area contributed by atoms with Gasteiger partial charge in [0, 0.05) is 5.56 Å². The van der Waals surface area contributed by atoms with Crippen molar-refractivity contribution in [3.63, 3.8) is 0 Å². The highest BCUT2D eigenvalue weighted by atomic mass is 16.6. The van der Waals surface area contributed by atoms with Crippen LogP contribution in [0.3, 0.4) is 0 Å². The molecule has 2 aromatic carbocycles. The van der Waals surface area contributed by atoms with Gasteiger partial charge in [0.1, 0.15) is 13.2 Å². The topological polar surface area (TPSA) is 95.1 Å². The van der Waals surface area contributed by atoms with Gasteiger partial charge in [0.2, 0.25) is 0 Å². The first-order valence-electron chi connectivity index (χ1n) is 8.40. The molecule has 0 saturated carbocycles. The molecule has 1 aliphatic rings. The van der Waals surface area contributed by atoms with Gasteiger partial charge in [0.25, 0.3) is 5.91 Å². The molecule has 2 aromatic rings. The first-order valence-corrected chi connectivity index (χ1v) is 8.40. The summed E-state index contributed by atoms with van der Waals surface area (Å²) in [7, 11) is 1.88. The third-order valence-corrected chi connectivity index (χ3v) is 4.25. The largest absolute Gasteiger partial charge is 0.486 e. The van der Waals surface area contributed by atoms with Crippen LogP contribution >= 0.6 is 0 Å². The average molecular weight is 356 g/mol. The van der Waals surface area contributed by atoms with Gasteiger partial charge >= 0.3 is 6.03 Å². The molecule has 3 amide bonds. The van der Waals surface area contributed by atoms with E-state index in [0.717, 1.165) is 10.5 Å². The third-order valence-electron chi connectivity index (χ3n) is 4.25. The molecule has 0 fully saturated rings. The highest BCUT2D eigenvalue weighted by molar-refractivity contribution is 5.96. The standard InChI is InChI=1S/C19H21N3O4/c1-22(11-14-12-25-15-9-5-6-10-16(15)26-14)17(18(23)21-19(20)24)13-7-3-2-4-8-13/h2-10,14,17H,11-12H2,1H3,(H3,20,21,23,24)/p+1/t14-,17+/m1/s1. The molecule has 1 aliphatic heterocycles. The van der Waals surface area contributed by atoms with E-state index in [1.807, 2.05) is 61.6 Å². The zero-order chi connectivity index (χ0) is 18.5. The number of nitrogens with two attached hydrogens (primary N) is 1. The van der Waals surface area contributed by atoms with Crippen molar-refractivity contribution in [3.8, 4) is 11.5 Å². The molecule has 3 atom stereocenters. The molecular formula is C19H22N3O4+. The zero-order valence-corrected chi connectivity index (χ0v) is 14.5. The molecule has 0 aliphatic carbocycles. The number of rotatable bonds is 5. The van der Waals surface area contributed by atoms with Gasteiger partial charge in [-0.3, -0.25) is 10.1 Å². The normalized spacial score (nSPS) is 17.8. The van der Waals surface area contributed by atoms with Gasteiger partial charge in [-0.25, -0.2) is 4.79 Å². The molecule has 0 spiro atoms. The van der Waals surface area contributed by atoms with E-state index in [2.05, 4.69) is 5.32 Å². The number of urea groups is 1. The fourth-order valence-corrected chi connectivity index (χ4v) is 3.14. The van der Waals surface area contributed by atoms with E-state index in [4.69, 9.17) is 15.2 Å². The second-order valence-corrected chi connectivity index (χ2v) is 6.25. The van der Waals surface area contributed by atoms with Crippen molar-refractivity contribution >= 4 is 11.9 Å². The molecule has 0 radical (unpaired) electrons. The summed E-state index contributed by atoms with van der Waals surface area (Å²) in [6, 6.07) is 15.3. The molecule has 0 aromatic heterocycles. The van der Waals surface area contributed by atoms with Gasteiger partial charge in [-0.2, -0.15) is 0 Å². The van der Waals surface area contributed by atoms with Crippen molar-refractivity contribution in [1.82, 2.24) is 5.32 Å². The van der Waals surface area contributed by atoms with Gasteiger partial charge in [-0.1, -0.05) is 42.5 Å². The number of primary amides is 1. The number of hydrogen-bond acceptors (Lipinski definition) is 4. The Morgan fingerprint density at radius 3 is 2.50 bits per heavy atom. The van der Waals surface area contributed by atoms with E-state index in [1.165, 1.54) is 0 Å². The van der Waals surface area contributed by atoms with Gasteiger partial charge in [-0.05, 0) is 12.1 Å². The number of carbonyl (C=O) groups is 2. The van der Waals surface area contributed by atoms with Crippen molar-refractivity contribution < 1.29 is 24.0 Å². The number of hydrogen-bond donors (Lipinski definition) is 3. The van der Waals surface area contributed by atoms with E-state index < -0.39 is 18.0 Å². The molecule has 1 heterocycles. The number of carbonyl (C=O) groups excluding carboxylic acids is 2. The number of quaternary nitrogens is 1. The average Bonchev–Trinajstić information content (AvgIpc) is 2.62. The highest BCUT2D eigenvalue weighted by Gasteiger charge is 2.33. The SMILES string of the molecule is C[NH+](C[C@@H]1COc2ccccc2O1)[C@H](C(=O)NC(N)=O)c1ccccc1. The highest BCUT2D eigenvalue weighted by Crippen LogP contribution is 2.30. The van der Waals surface area contributed by atoms with Crippen molar-refractivity contribution in [2.75, 3.05) is 20.2 Å². The van der Waals surface area contributed by atoms with Crippen LogP contribution in [0.2, 0.25) is 0 Å². The minimum absolute atomic E-state index is 0.211. The van der Waals surface area contributed by atoms with Crippen LogP contribution in [0.5, 0.6) is 11.5 Å². The number of fused-ring (bicyclic) bond motifs is 1. The van der Waals surface area contributed by atoms with Crippen LogP contribution in [0.1, 0.15) is 11.6 Å². The van der Waals surface area contributed by atoms with E-state index >= 15 is 0 Å². The molecular weight excluding hydrogens is 334 g/mol. The summed E-state index contributed by atoms with van der Waals surface area (Å²) in [6.07, 6.45) is -0.211. The third kappa shape index (κ3) is 4.12. The fourth-order valence-electron chi connectivity index (χ4n) is 3.14. The summed E-state index contributed by atoms with van der Waals surface area (Å²) in [5, 5.41) is 2.18. The molecule has 3 rings (SSSR count). The van der Waals surface area contributed by atoms with E-state index in [1.54, 1.807) is 0 Å². The maximum atomic E-state index is 12.5. The predicted molar refractivity (Wildman–Crippen MR) is 95.0 cm³/mol. The van der Waals surface area contributed by atoms with Crippen LogP contribution < -0.4 is 25.4 Å². The number of para-hydroxylation sites is 2. The molecule has 26 heavy (non-hydrogen) atoms. The molecule has 0 bridgehead atoms.